The van der Waals surface area contributed by atoms with E-state index < -0.39 is 0 Å². The van der Waals surface area contributed by atoms with E-state index in [1.807, 2.05) is 18.2 Å². The molecule has 1 aromatic carbocycles. The smallest absolute Gasteiger partial charge is 0.322 e. The number of benzene rings is 1. The van der Waals surface area contributed by atoms with E-state index in [0.29, 0.717) is 5.76 Å². The van der Waals surface area contributed by atoms with Gasteiger partial charge in [0.2, 0.25) is 5.91 Å². The molecule has 8 nitrogen and oxygen atoms in total. The second-order valence-corrected chi connectivity index (χ2v) is 6.27. The highest BCUT2D eigenvalue weighted by molar-refractivity contribution is 5.92. The molecule has 1 aliphatic heterocycles. The largest absolute Gasteiger partial charge is 0.496 e. The van der Waals surface area contributed by atoms with E-state index >= 15 is 0 Å². The number of hydrogen-bond donors (Lipinski definition) is 1. The summed E-state index contributed by atoms with van der Waals surface area (Å²) in [6, 6.07) is 9.41. The van der Waals surface area contributed by atoms with Gasteiger partial charge in [-0.05, 0) is 43.5 Å². The van der Waals surface area contributed by atoms with Crippen LogP contribution in [0, 0.1) is 0 Å². The molecular weight excluding hydrogens is 348 g/mol. The van der Waals surface area contributed by atoms with E-state index in [4.69, 9.17) is 13.6 Å². The number of ether oxygens (including phenoxy) is 1. The molecule has 0 saturated carbocycles. The van der Waals surface area contributed by atoms with Crippen molar-refractivity contribution in [2.75, 3.05) is 30.4 Å². The first-order chi connectivity index (χ1) is 13.2. The van der Waals surface area contributed by atoms with Gasteiger partial charge in [0.15, 0.2) is 5.76 Å². The number of carbonyl (C=O) groups excluding carboxylic acids is 1. The summed E-state index contributed by atoms with van der Waals surface area (Å²) in [4.78, 5) is 14.6. The summed E-state index contributed by atoms with van der Waals surface area (Å²) in [5.41, 5.74) is 2.17. The van der Waals surface area contributed by atoms with Crippen LogP contribution >= 0.6 is 0 Å². The fraction of sp³-hybridized carbons (Fsp3) is 0.316. The van der Waals surface area contributed by atoms with Gasteiger partial charge in [0.25, 0.3) is 5.89 Å². The van der Waals surface area contributed by atoms with E-state index in [9.17, 15) is 4.79 Å². The van der Waals surface area contributed by atoms with Crippen molar-refractivity contribution in [3.8, 4) is 17.4 Å². The summed E-state index contributed by atoms with van der Waals surface area (Å²) in [5, 5.41) is 10.4. The van der Waals surface area contributed by atoms with Gasteiger partial charge in [-0.1, -0.05) is 11.2 Å². The van der Waals surface area contributed by atoms with Crippen molar-refractivity contribution in [3.63, 3.8) is 0 Å². The average molecular weight is 368 g/mol. The first-order valence-corrected chi connectivity index (χ1v) is 8.82. The number of rotatable bonds is 5. The number of anilines is 2. The van der Waals surface area contributed by atoms with Crippen molar-refractivity contribution >= 4 is 17.6 Å². The van der Waals surface area contributed by atoms with Gasteiger partial charge >= 0.3 is 6.01 Å². The van der Waals surface area contributed by atoms with Gasteiger partial charge in [-0.2, -0.15) is 0 Å². The Bertz CT molecular complexity index is 920. The van der Waals surface area contributed by atoms with Crippen LogP contribution in [0.5, 0.6) is 5.75 Å². The lowest BCUT2D eigenvalue weighted by Crippen LogP contribution is -2.34. The van der Waals surface area contributed by atoms with E-state index in [-0.39, 0.29) is 24.4 Å². The Morgan fingerprint density at radius 1 is 1.26 bits per heavy atom. The van der Waals surface area contributed by atoms with Gasteiger partial charge in [0, 0.05) is 17.8 Å². The van der Waals surface area contributed by atoms with Crippen LogP contribution in [-0.2, 0) is 11.2 Å². The van der Waals surface area contributed by atoms with Crippen LogP contribution in [0.3, 0.4) is 0 Å². The molecule has 4 rings (SSSR count). The Balaban J connectivity index is 1.47. The van der Waals surface area contributed by atoms with Crippen LogP contribution in [0.25, 0.3) is 11.7 Å². The van der Waals surface area contributed by atoms with E-state index in [1.54, 1.807) is 19.2 Å². The fourth-order valence-corrected chi connectivity index (χ4v) is 3.29. The minimum Gasteiger partial charge on any atom is -0.496 e. The molecule has 2 aromatic heterocycles. The monoisotopic (exact) mass is 368 g/mol. The summed E-state index contributed by atoms with van der Waals surface area (Å²) in [5.74, 6) is 1.32. The van der Waals surface area contributed by atoms with Crippen molar-refractivity contribution < 1.29 is 18.4 Å². The lowest BCUT2D eigenvalue weighted by atomic mass is 10.1. The number of furan rings is 1. The molecule has 0 unspecified atom stereocenters. The highest BCUT2D eigenvalue weighted by Gasteiger charge is 2.21. The summed E-state index contributed by atoms with van der Waals surface area (Å²) < 4.78 is 16.1. The number of methoxy groups -OCH3 is 1. The quantitative estimate of drug-likeness (QED) is 0.739. The average Bonchev–Trinajstić information content (AvgIpc) is 3.32. The third-order valence-corrected chi connectivity index (χ3v) is 4.51. The third kappa shape index (κ3) is 3.64. The Kier molecular flexibility index (Phi) is 4.78. The number of nitrogens with one attached hydrogen (secondary N) is 1. The van der Waals surface area contributed by atoms with Crippen LogP contribution in [0.2, 0.25) is 0 Å². The number of nitrogens with zero attached hydrogens (tertiary/aromatic N) is 3. The highest BCUT2D eigenvalue weighted by atomic mass is 16.5. The Morgan fingerprint density at radius 3 is 3.00 bits per heavy atom. The van der Waals surface area contributed by atoms with Crippen molar-refractivity contribution in [1.82, 2.24) is 10.2 Å². The number of amides is 1. The molecule has 8 heteroatoms. The Labute approximate surface area is 156 Å². The summed E-state index contributed by atoms with van der Waals surface area (Å²) >= 11 is 0. The number of carbonyl (C=O) groups is 1. The van der Waals surface area contributed by atoms with Crippen LogP contribution in [0.1, 0.15) is 18.4 Å². The zero-order valence-electron chi connectivity index (χ0n) is 15.0. The maximum atomic E-state index is 12.5. The zero-order chi connectivity index (χ0) is 18.6. The molecule has 1 amide bonds. The molecule has 0 fully saturated rings. The first kappa shape index (κ1) is 17.1. The molecule has 3 aromatic rings. The van der Waals surface area contributed by atoms with Crippen molar-refractivity contribution in [1.29, 1.82) is 0 Å². The Morgan fingerprint density at radius 2 is 2.19 bits per heavy atom. The minimum absolute atomic E-state index is 0.0482. The molecule has 0 radical (unpaired) electrons. The molecule has 3 heterocycles. The second kappa shape index (κ2) is 7.53. The minimum atomic E-state index is -0.222. The van der Waals surface area contributed by atoms with Gasteiger partial charge < -0.3 is 18.5 Å². The standard InChI is InChI=1S/C19H20N4O4/c1-25-15-8-4-7-14-13(15)6-2-3-10-23(14)12-17(24)20-19-22-21-18(27-19)16-9-5-11-26-16/h4-5,7-9,11H,2-3,6,10,12H2,1H3,(H,20,22,24). The Hall–Kier alpha value is -3.29. The van der Waals surface area contributed by atoms with Crippen LogP contribution in [0.15, 0.2) is 45.4 Å². The molecule has 0 bridgehead atoms. The topological polar surface area (TPSA) is 93.6 Å². The van der Waals surface area contributed by atoms with Gasteiger partial charge in [-0.3, -0.25) is 10.1 Å². The molecule has 0 saturated heterocycles. The third-order valence-electron chi connectivity index (χ3n) is 4.51. The molecule has 1 aliphatic rings. The zero-order valence-corrected chi connectivity index (χ0v) is 15.0. The number of fused-ring (bicyclic) bond motifs is 1. The number of hydrogen-bond acceptors (Lipinski definition) is 7. The van der Waals surface area contributed by atoms with Crippen LogP contribution in [0.4, 0.5) is 11.7 Å². The maximum Gasteiger partial charge on any atom is 0.322 e. The predicted molar refractivity (Wildman–Crippen MR) is 98.8 cm³/mol. The molecule has 1 N–H and O–H groups in total. The first-order valence-electron chi connectivity index (χ1n) is 8.82. The van der Waals surface area contributed by atoms with Gasteiger partial charge in [-0.25, -0.2) is 0 Å². The molecule has 0 spiro atoms. The summed E-state index contributed by atoms with van der Waals surface area (Å²) in [6.45, 7) is 0.994. The van der Waals surface area contributed by atoms with E-state index in [0.717, 1.165) is 42.8 Å². The lowest BCUT2D eigenvalue weighted by molar-refractivity contribution is -0.115. The van der Waals surface area contributed by atoms with Gasteiger partial charge in [-0.15, -0.1) is 5.10 Å². The van der Waals surface area contributed by atoms with Gasteiger partial charge in [0.05, 0.1) is 19.9 Å². The SMILES string of the molecule is COc1cccc2c1CCCCN2CC(=O)Nc1nnc(-c2ccco2)o1. The van der Waals surface area contributed by atoms with Gasteiger partial charge in [0.1, 0.15) is 5.75 Å². The fourth-order valence-electron chi connectivity index (χ4n) is 3.29. The van der Waals surface area contributed by atoms with E-state index in [2.05, 4.69) is 20.4 Å². The van der Waals surface area contributed by atoms with Crippen molar-refractivity contribution in [2.24, 2.45) is 0 Å². The van der Waals surface area contributed by atoms with Crippen LogP contribution < -0.4 is 15.0 Å². The molecule has 27 heavy (non-hydrogen) atoms. The molecule has 140 valence electrons. The second-order valence-electron chi connectivity index (χ2n) is 6.27. The lowest BCUT2D eigenvalue weighted by Gasteiger charge is -2.24. The highest BCUT2D eigenvalue weighted by Crippen LogP contribution is 2.33. The van der Waals surface area contributed by atoms with Crippen molar-refractivity contribution in [3.05, 3.63) is 42.2 Å². The molecule has 0 aliphatic carbocycles. The van der Waals surface area contributed by atoms with Crippen LogP contribution in [-0.4, -0.2) is 36.3 Å². The maximum absolute atomic E-state index is 12.5. The molecular formula is C19H20N4O4. The summed E-state index contributed by atoms with van der Waals surface area (Å²) in [6.07, 6.45) is 4.52. The normalized spacial score (nSPS) is 13.7. The van der Waals surface area contributed by atoms with Crippen molar-refractivity contribution in [2.45, 2.75) is 19.3 Å². The molecule has 0 atom stereocenters. The number of aromatic nitrogens is 2. The summed E-state index contributed by atoms with van der Waals surface area (Å²) in [7, 11) is 1.67. The predicted octanol–water partition coefficient (Wildman–Crippen LogP) is 3.12. The van der Waals surface area contributed by atoms with E-state index in [1.165, 1.54) is 6.26 Å².